The van der Waals surface area contributed by atoms with E-state index in [1.165, 1.54) is 0 Å². The lowest BCUT2D eigenvalue weighted by Gasteiger charge is -1.81. The Balaban J connectivity index is 2.14. The van der Waals surface area contributed by atoms with Crippen molar-refractivity contribution >= 4 is 12.2 Å². The van der Waals surface area contributed by atoms with E-state index in [9.17, 15) is 0 Å². The fourth-order valence-corrected chi connectivity index (χ4v) is 0.915. The first-order valence-corrected chi connectivity index (χ1v) is 3.65. The number of hydrogen-bond donors (Lipinski definition) is 1. The fourth-order valence-electron chi connectivity index (χ4n) is 0.915. The quantitative estimate of drug-likeness (QED) is 0.731. The first-order valence-electron chi connectivity index (χ1n) is 3.65. The highest BCUT2D eigenvalue weighted by molar-refractivity contribution is 5.66. The second kappa shape index (κ2) is 3.09. The van der Waals surface area contributed by atoms with Crippen LogP contribution in [0.3, 0.4) is 0 Å². The Labute approximate surface area is 69.7 Å². The average Bonchev–Trinajstić information content (AvgIpc) is 2.74. The van der Waals surface area contributed by atoms with Gasteiger partial charge in [-0.2, -0.15) is 5.10 Å². The van der Waals surface area contributed by atoms with Gasteiger partial charge in [0.05, 0.1) is 18.2 Å². The Morgan fingerprint density at radius 1 is 1.33 bits per heavy atom. The van der Waals surface area contributed by atoms with Crippen molar-refractivity contribution in [2.45, 2.75) is 0 Å². The molecule has 2 rings (SSSR count). The van der Waals surface area contributed by atoms with Crippen molar-refractivity contribution in [1.82, 2.24) is 10.2 Å². The standard InChI is InChI=1S/C9H8N2O/c1(8-4-6-12-7-8)2-9-3-5-10-11-9/h1-7H,(H,10,11)/b2-1-. The van der Waals surface area contributed by atoms with Gasteiger partial charge in [0.25, 0.3) is 0 Å². The molecule has 0 aliphatic heterocycles. The van der Waals surface area contributed by atoms with Gasteiger partial charge in [-0.3, -0.25) is 5.10 Å². The van der Waals surface area contributed by atoms with Crippen molar-refractivity contribution in [3.63, 3.8) is 0 Å². The van der Waals surface area contributed by atoms with Crippen LogP contribution in [0.2, 0.25) is 0 Å². The summed E-state index contributed by atoms with van der Waals surface area (Å²) in [6.45, 7) is 0. The normalized spacial score (nSPS) is 11.0. The molecule has 0 bridgehead atoms. The molecule has 0 amide bonds. The molecule has 0 aromatic carbocycles. The molecule has 0 radical (unpaired) electrons. The molecular weight excluding hydrogens is 152 g/mol. The number of nitrogens with zero attached hydrogens (tertiary/aromatic N) is 1. The molecule has 2 aromatic rings. The highest BCUT2D eigenvalue weighted by Crippen LogP contribution is 2.05. The predicted molar refractivity (Wildman–Crippen MR) is 46.2 cm³/mol. The molecule has 0 spiro atoms. The topological polar surface area (TPSA) is 41.8 Å². The van der Waals surface area contributed by atoms with Crippen LogP contribution >= 0.6 is 0 Å². The van der Waals surface area contributed by atoms with Gasteiger partial charge < -0.3 is 4.42 Å². The molecule has 1 N–H and O–H groups in total. The highest BCUT2D eigenvalue weighted by Gasteiger charge is 1.87. The number of H-pyrrole nitrogens is 1. The lowest BCUT2D eigenvalue weighted by atomic mass is 10.3. The molecule has 0 saturated carbocycles. The van der Waals surface area contributed by atoms with Gasteiger partial charge in [-0.1, -0.05) is 0 Å². The molecule has 0 fully saturated rings. The molecule has 0 aliphatic carbocycles. The van der Waals surface area contributed by atoms with Gasteiger partial charge in [-0.25, -0.2) is 0 Å². The summed E-state index contributed by atoms with van der Waals surface area (Å²) < 4.78 is 4.91. The van der Waals surface area contributed by atoms with Crippen molar-refractivity contribution < 1.29 is 4.42 Å². The molecule has 0 saturated heterocycles. The molecule has 2 heterocycles. The number of aromatic nitrogens is 2. The van der Waals surface area contributed by atoms with Gasteiger partial charge in [0.1, 0.15) is 0 Å². The largest absolute Gasteiger partial charge is 0.472 e. The maximum atomic E-state index is 4.91. The van der Waals surface area contributed by atoms with Gasteiger partial charge in [-0.15, -0.1) is 0 Å². The molecule has 3 nitrogen and oxygen atoms in total. The SMILES string of the molecule is C(=C/c1ccn[nH]1)/c1ccoc1. The third-order valence-corrected chi connectivity index (χ3v) is 1.52. The summed E-state index contributed by atoms with van der Waals surface area (Å²) >= 11 is 0. The van der Waals surface area contributed by atoms with Gasteiger partial charge in [0.2, 0.25) is 0 Å². The van der Waals surface area contributed by atoms with E-state index in [1.807, 2.05) is 24.3 Å². The van der Waals surface area contributed by atoms with Crippen molar-refractivity contribution in [1.29, 1.82) is 0 Å². The van der Waals surface area contributed by atoms with Crippen LogP contribution in [-0.4, -0.2) is 10.2 Å². The van der Waals surface area contributed by atoms with Crippen LogP contribution in [-0.2, 0) is 0 Å². The highest BCUT2D eigenvalue weighted by atomic mass is 16.3. The summed E-state index contributed by atoms with van der Waals surface area (Å²) in [5.41, 5.74) is 2.03. The Morgan fingerprint density at radius 2 is 2.33 bits per heavy atom. The van der Waals surface area contributed by atoms with E-state index in [4.69, 9.17) is 4.42 Å². The molecule has 2 aromatic heterocycles. The minimum absolute atomic E-state index is 0.983. The van der Waals surface area contributed by atoms with Crippen LogP contribution in [0.4, 0.5) is 0 Å². The lowest BCUT2D eigenvalue weighted by Crippen LogP contribution is -1.69. The minimum Gasteiger partial charge on any atom is -0.472 e. The van der Waals surface area contributed by atoms with Crippen molar-refractivity contribution in [3.05, 3.63) is 42.1 Å². The van der Waals surface area contributed by atoms with Crippen molar-refractivity contribution in [2.75, 3.05) is 0 Å². The van der Waals surface area contributed by atoms with E-state index in [1.54, 1.807) is 18.7 Å². The summed E-state index contributed by atoms with van der Waals surface area (Å²) in [6.07, 6.45) is 8.95. The summed E-state index contributed by atoms with van der Waals surface area (Å²) in [4.78, 5) is 0. The molecule has 3 heteroatoms. The Bertz CT molecular complexity index is 310. The molecular formula is C9H8N2O. The zero-order valence-electron chi connectivity index (χ0n) is 6.40. The number of nitrogens with one attached hydrogen (secondary N) is 1. The second-order valence-electron chi connectivity index (χ2n) is 2.40. The van der Waals surface area contributed by atoms with Crippen LogP contribution in [0.1, 0.15) is 11.3 Å². The second-order valence-corrected chi connectivity index (χ2v) is 2.40. The third-order valence-electron chi connectivity index (χ3n) is 1.52. The van der Waals surface area contributed by atoms with Gasteiger partial charge in [-0.05, 0) is 24.3 Å². The molecule has 12 heavy (non-hydrogen) atoms. The zero-order chi connectivity index (χ0) is 8.23. The van der Waals surface area contributed by atoms with Crippen LogP contribution in [0.5, 0.6) is 0 Å². The monoisotopic (exact) mass is 160 g/mol. The number of aromatic amines is 1. The van der Waals surface area contributed by atoms with Crippen LogP contribution < -0.4 is 0 Å². The van der Waals surface area contributed by atoms with E-state index >= 15 is 0 Å². The predicted octanol–water partition coefficient (Wildman–Crippen LogP) is 2.17. The Kier molecular flexibility index (Phi) is 1.78. The number of rotatable bonds is 2. The molecule has 0 aliphatic rings. The van der Waals surface area contributed by atoms with E-state index in [0.717, 1.165) is 11.3 Å². The third kappa shape index (κ3) is 1.45. The summed E-state index contributed by atoms with van der Waals surface area (Å²) in [5.74, 6) is 0. The maximum Gasteiger partial charge on any atom is 0.0974 e. The number of hydrogen-bond acceptors (Lipinski definition) is 2. The van der Waals surface area contributed by atoms with E-state index in [2.05, 4.69) is 10.2 Å². The molecule has 0 atom stereocenters. The van der Waals surface area contributed by atoms with E-state index < -0.39 is 0 Å². The zero-order valence-corrected chi connectivity index (χ0v) is 6.40. The van der Waals surface area contributed by atoms with Crippen LogP contribution in [0, 0.1) is 0 Å². The first-order chi connectivity index (χ1) is 5.95. The average molecular weight is 160 g/mol. The summed E-state index contributed by atoms with van der Waals surface area (Å²) in [7, 11) is 0. The minimum atomic E-state index is 0.983. The smallest absolute Gasteiger partial charge is 0.0974 e. The summed E-state index contributed by atoms with van der Waals surface area (Å²) in [5, 5.41) is 6.65. The Morgan fingerprint density at radius 3 is 3.00 bits per heavy atom. The molecule has 60 valence electrons. The van der Waals surface area contributed by atoms with Crippen LogP contribution in [0.15, 0.2) is 35.3 Å². The van der Waals surface area contributed by atoms with Gasteiger partial charge >= 0.3 is 0 Å². The maximum absolute atomic E-state index is 4.91. The van der Waals surface area contributed by atoms with Gasteiger partial charge in [0, 0.05) is 11.8 Å². The summed E-state index contributed by atoms with van der Waals surface area (Å²) in [6, 6.07) is 3.80. The van der Waals surface area contributed by atoms with Gasteiger partial charge in [0.15, 0.2) is 0 Å². The number of furan rings is 1. The fraction of sp³-hybridized carbons (Fsp3) is 0. The van der Waals surface area contributed by atoms with Crippen molar-refractivity contribution in [3.8, 4) is 0 Å². The first kappa shape index (κ1) is 6.91. The van der Waals surface area contributed by atoms with Crippen LogP contribution in [0.25, 0.3) is 12.2 Å². The van der Waals surface area contributed by atoms with Crippen molar-refractivity contribution in [2.24, 2.45) is 0 Å². The lowest BCUT2D eigenvalue weighted by molar-refractivity contribution is 0.567. The Hall–Kier alpha value is -1.77. The van der Waals surface area contributed by atoms with E-state index in [-0.39, 0.29) is 0 Å². The van der Waals surface area contributed by atoms with E-state index in [0.29, 0.717) is 0 Å². The molecule has 0 unspecified atom stereocenters.